The first-order valence-corrected chi connectivity index (χ1v) is 13.8. The van der Waals surface area contributed by atoms with Crippen LogP contribution in [0, 0.1) is 13.8 Å². The Bertz CT molecular complexity index is 1400. The average Bonchev–Trinajstić information content (AvgIpc) is 3.35. The summed E-state index contributed by atoms with van der Waals surface area (Å²) in [6.07, 6.45) is 1.56. The van der Waals surface area contributed by atoms with Gasteiger partial charge in [0, 0.05) is 12.5 Å². The smallest absolute Gasteiger partial charge is 0.492 e. The summed E-state index contributed by atoms with van der Waals surface area (Å²) in [7, 11) is 1.06. The zero-order chi connectivity index (χ0) is 28.7. The molecular formula is C33H38BNO5. The summed E-state index contributed by atoms with van der Waals surface area (Å²) in [5, 5.41) is 2.95. The van der Waals surface area contributed by atoms with Crippen molar-refractivity contribution in [3.8, 4) is 16.9 Å². The van der Waals surface area contributed by atoms with E-state index >= 15 is 0 Å². The highest BCUT2D eigenvalue weighted by Gasteiger charge is 2.52. The Morgan fingerprint density at radius 1 is 0.925 bits per heavy atom. The largest absolute Gasteiger partial charge is 0.496 e. The van der Waals surface area contributed by atoms with E-state index in [0.29, 0.717) is 0 Å². The molecule has 1 N–H and O–H groups in total. The molecule has 0 spiro atoms. The van der Waals surface area contributed by atoms with Crippen LogP contribution in [0.2, 0.25) is 0 Å². The predicted octanol–water partition coefficient (Wildman–Crippen LogP) is 6.87. The number of ether oxygens (including phenoxy) is 2. The number of benzene rings is 3. The summed E-state index contributed by atoms with van der Waals surface area (Å²) < 4.78 is 24.0. The van der Waals surface area contributed by atoms with Crippen LogP contribution < -0.4 is 10.1 Å². The molecule has 1 amide bonds. The highest BCUT2D eigenvalue weighted by molar-refractivity contribution is 6.56. The number of methoxy groups -OCH3 is 1. The summed E-state index contributed by atoms with van der Waals surface area (Å²) in [4.78, 5) is 13.0. The SMILES string of the molecule is COc1cc(C)c(C=C(CNC(=O)OCC2c3ccccc3-c3ccccc32)B2OC(C)(C)C(C)(C)O2)cc1C. The standard InChI is InChI=1S/C33H38BNO5/c1-21-17-30(37-7)22(2)16-23(21)18-24(34-39-32(3,4)33(5,6)40-34)19-35-31(36)38-20-29-27-14-10-8-12-25(27)26-13-9-11-15-28(26)29/h8-18,29H,19-20H2,1-7H3,(H,35,36). The van der Waals surface area contributed by atoms with E-state index in [2.05, 4.69) is 35.6 Å². The van der Waals surface area contributed by atoms with Crippen LogP contribution in [0.1, 0.15) is 61.4 Å². The van der Waals surface area contributed by atoms with Crippen LogP contribution in [0.5, 0.6) is 5.75 Å². The molecule has 1 aliphatic carbocycles. The third-order valence-corrected chi connectivity index (χ3v) is 8.46. The van der Waals surface area contributed by atoms with Gasteiger partial charge in [0.25, 0.3) is 0 Å². The van der Waals surface area contributed by atoms with Crippen LogP contribution in [0.15, 0.2) is 66.1 Å². The van der Waals surface area contributed by atoms with Gasteiger partial charge in [-0.3, -0.25) is 0 Å². The van der Waals surface area contributed by atoms with Crippen molar-refractivity contribution in [2.45, 2.75) is 58.7 Å². The molecule has 7 heteroatoms. The minimum absolute atomic E-state index is 0.00110. The van der Waals surface area contributed by atoms with E-state index in [1.54, 1.807) is 7.11 Å². The molecule has 3 aromatic carbocycles. The number of fused-ring (bicyclic) bond motifs is 3. The molecule has 6 nitrogen and oxygen atoms in total. The van der Waals surface area contributed by atoms with E-state index in [9.17, 15) is 4.79 Å². The quantitative estimate of drug-likeness (QED) is 0.332. The molecule has 0 bridgehead atoms. The maximum Gasteiger partial charge on any atom is 0.492 e. The van der Waals surface area contributed by atoms with E-state index in [1.807, 2.05) is 78.0 Å². The van der Waals surface area contributed by atoms with Gasteiger partial charge in [0.2, 0.25) is 0 Å². The van der Waals surface area contributed by atoms with Gasteiger partial charge in [0.15, 0.2) is 0 Å². The van der Waals surface area contributed by atoms with Gasteiger partial charge >= 0.3 is 13.2 Å². The molecule has 3 aromatic rings. The maximum absolute atomic E-state index is 13.0. The molecule has 208 valence electrons. The van der Waals surface area contributed by atoms with Crippen LogP contribution in [0.3, 0.4) is 0 Å². The van der Waals surface area contributed by atoms with Crippen molar-refractivity contribution >= 4 is 19.3 Å². The number of nitrogens with one attached hydrogen (secondary N) is 1. The van der Waals surface area contributed by atoms with Gasteiger partial charge in [-0.15, -0.1) is 0 Å². The van der Waals surface area contributed by atoms with E-state index in [4.69, 9.17) is 18.8 Å². The van der Waals surface area contributed by atoms with Crippen LogP contribution in [-0.2, 0) is 14.0 Å². The monoisotopic (exact) mass is 539 g/mol. The summed E-state index contributed by atoms with van der Waals surface area (Å²) >= 11 is 0. The van der Waals surface area contributed by atoms with Crippen molar-refractivity contribution in [2.75, 3.05) is 20.3 Å². The molecule has 1 saturated heterocycles. The van der Waals surface area contributed by atoms with Crippen LogP contribution in [0.25, 0.3) is 17.2 Å². The highest BCUT2D eigenvalue weighted by Crippen LogP contribution is 2.44. The Hall–Kier alpha value is -3.55. The van der Waals surface area contributed by atoms with Crippen molar-refractivity contribution in [1.29, 1.82) is 0 Å². The lowest BCUT2D eigenvalue weighted by atomic mass is 9.76. The second kappa shape index (κ2) is 10.8. The molecule has 40 heavy (non-hydrogen) atoms. The minimum Gasteiger partial charge on any atom is -0.496 e. The normalized spacial score (nSPS) is 17.4. The maximum atomic E-state index is 13.0. The molecule has 1 fully saturated rings. The number of amides is 1. The van der Waals surface area contributed by atoms with Crippen molar-refractivity contribution in [3.63, 3.8) is 0 Å². The Labute approximate surface area is 237 Å². The first-order chi connectivity index (χ1) is 19.0. The second-order valence-electron chi connectivity index (χ2n) is 11.7. The number of alkyl carbamates (subject to hydrolysis) is 1. The summed E-state index contributed by atoms with van der Waals surface area (Å²) in [5.74, 6) is 0.838. The summed E-state index contributed by atoms with van der Waals surface area (Å²) in [6, 6.07) is 20.7. The van der Waals surface area contributed by atoms with Crippen molar-refractivity contribution < 1.29 is 23.6 Å². The van der Waals surface area contributed by atoms with E-state index in [0.717, 1.165) is 27.9 Å². The second-order valence-corrected chi connectivity index (χ2v) is 11.7. The molecular weight excluding hydrogens is 501 g/mol. The molecule has 0 atom stereocenters. The number of hydrogen-bond acceptors (Lipinski definition) is 5. The molecule has 0 unspecified atom stereocenters. The predicted molar refractivity (Wildman–Crippen MR) is 160 cm³/mol. The van der Waals surface area contributed by atoms with Crippen molar-refractivity contribution in [2.24, 2.45) is 0 Å². The molecule has 0 radical (unpaired) electrons. The molecule has 1 heterocycles. The van der Waals surface area contributed by atoms with Gasteiger partial charge in [0.05, 0.1) is 18.3 Å². The fraction of sp³-hybridized carbons (Fsp3) is 0.364. The van der Waals surface area contributed by atoms with E-state index < -0.39 is 24.4 Å². The molecule has 5 rings (SSSR count). The zero-order valence-electron chi connectivity index (χ0n) is 24.5. The minimum atomic E-state index is -0.610. The number of aryl methyl sites for hydroxylation is 2. The summed E-state index contributed by atoms with van der Waals surface area (Å²) in [6.45, 7) is 12.6. The molecule has 1 aliphatic heterocycles. The third-order valence-electron chi connectivity index (χ3n) is 8.46. The van der Waals surface area contributed by atoms with Crippen molar-refractivity contribution in [3.05, 3.63) is 94.0 Å². The average molecular weight is 539 g/mol. The van der Waals surface area contributed by atoms with Crippen LogP contribution >= 0.6 is 0 Å². The number of carbonyl (C=O) groups excluding carboxylic acids is 1. The molecule has 0 aromatic heterocycles. The Morgan fingerprint density at radius 3 is 2.08 bits per heavy atom. The molecule has 0 saturated carbocycles. The fourth-order valence-corrected chi connectivity index (χ4v) is 5.41. The van der Waals surface area contributed by atoms with E-state index in [1.165, 1.54) is 22.3 Å². The van der Waals surface area contributed by atoms with Crippen molar-refractivity contribution in [1.82, 2.24) is 5.32 Å². The Balaban J connectivity index is 1.33. The number of rotatable bonds is 7. The third kappa shape index (κ3) is 5.28. The zero-order valence-corrected chi connectivity index (χ0v) is 24.5. The van der Waals surface area contributed by atoms with Gasteiger partial charge in [-0.05, 0) is 98.1 Å². The lowest BCUT2D eigenvalue weighted by molar-refractivity contribution is 0.00578. The fourth-order valence-electron chi connectivity index (χ4n) is 5.41. The molecule has 2 aliphatic rings. The topological polar surface area (TPSA) is 66.0 Å². The van der Waals surface area contributed by atoms with Gasteiger partial charge < -0.3 is 24.1 Å². The highest BCUT2D eigenvalue weighted by atomic mass is 16.7. The lowest BCUT2D eigenvalue weighted by Gasteiger charge is -2.32. The van der Waals surface area contributed by atoms with Gasteiger partial charge in [-0.2, -0.15) is 0 Å². The van der Waals surface area contributed by atoms with Gasteiger partial charge in [-0.1, -0.05) is 54.6 Å². The first kappa shape index (κ1) is 28.0. The van der Waals surface area contributed by atoms with Gasteiger partial charge in [-0.25, -0.2) is 4.79 Å². The Morgan fingerprint density at radius 2 is 1.50 bits per heavy atom. The Kier molecular flexibility index (Phi) is 7.55. The van der Waals surface area contributed by atoms with Crippen LogP contribution in [0.4, 0.5) is 4.79 Å². The first-order valence-electron chi connectivity index (χ1n) is 13.8. The van der Waals surface area contributed by atoms with Crippen LogP contribution in [-0.4, -0.2) is 44.7 Å². The summed E-state index contributed by atoms with van der Waals surface area (Å²) in [5.41, 5.74) is 7.63. The van der Waals surface area contributed by atoms with Gasteiger partial charge in [0.1, 0.15) is 12.4 Å². The number of carbonyl (C=O) groups is 1. The van der Waals surface area contributed by atoms with E-state index in [-0.39, 0.29) is 19.1 Å². The lowest BCUT2D eigenvalue weighted by Crippen LogP contribution is -2.41. The number of hydrogen-bond donors (Lipinski definition) is 1.